The van der Waals surface area contributed by atoms with E-state index in [2.05, 4.69) is 5.32 Å². The van der Waals surface area contributed by atoms with E-state index in [9.17, 15) is 4.79 Å². The van der Waals surface area contributed by atoms with Gasteiger partial charge < -0.3 is 20.5 Å². The molecule has 0 aromatic heterocycles. The van der Waals surface area contributed by atoms with E-state index >= 15 is 0 Å². The third kappa shape index (κ3) is 4.05. The Bertz CT molecular complexity index is 468. The molecule has 1 atom stereocenters. The van der Waals surface area contributed by atoms with Gasteiger partial charge in [-0.2, -0.15) is 11.8 Å². The summed E-state index contributed by atoms with van der Waals surface area (Å²) in [7, 11) is 0. The van der Waals surface area contributed by atoms with E-state index in [1.54, 1.807) is 11.8 Å². The van der Waals surface area contributed by atoms with Crippen LogP contribution in [0.15, 0.2) is 18.2 Å². The molecule has 0 aliphatic carbocycles. The Kier molecular flexibility index (Phi) is 5.55. The van der Waals surface area contributed by atoms with Crippen molar-refractivity contribution in [1.29, 1.82) is 0 Å². The standard InChI is InChI=1S/C14H20N2O3S/c1-20-7-4-11(15)14(17)16-9-10-2-3-12-13(8-10)19-6-5-18-12/h2-3,8,11H,4-7,9,15H2,1H3,(H,16,17)/t11-/m0/s1. The van der Waals surface area contributed by atoms with E-state index in [1.165, 1.54) is 0 Å². The molecule has 3 N–H and O–H groups in total. The van der Waals surface area contributed by atoms with Crippen molar-refractivity contribution in [3.05, 3.63) is 23.8 Å². The highest BCUT2D eigenvalue weighted by Gasteiger charge is 2.14. The molecular formula is C14H20N2O3S. The fourth-order valence-corrected chi connectivity index (χ4v) is 2.38. The summed E-state index contributed by atoms with van der Waals surface area (Å²) in [5.41, 5.74) is 6.78. The van der Waals surface area contributed by atoms with Crippen LogP contribution in [0.4, 0.5) is 0 Å². The van der Waals surface area contributed by atoms with Crippen molar-refractivity contribution in [3.8, 4) is 11.5 Å². The van der Waals surface area contributed by atoms with Gasteiger partial charge in [0.15, 0.2) is 11.5 Å². The molecule has 6 heteroatoms. The summed E-state index contributed by atoms with van der Waals surface area (Å²) in [4.78, 5) is 11.8. The van der Waals surface area contributed by atoms with Crippen LogP contribution in [0.2, 0.25) is 0 Å². The Labute approximate surface area is 123 Å². The summed E-state index contributed by atoms with van der Waals surface area (Å²) in [6.07, 6.45) is 2.69. The minimum atomic E-state index is -0.445. The minimum absolute atomic E-state index is 0.117. The van der Waals surface area contributed by atoms with Crippen LogP contribution in [0.1, 0.15) is 12.0 Å². The lowest BCUT2D eigenvalue weighted by atomic mass is 10.1. The van der Waals surface area contributed by atoms with Gasteiger partial charge in [0.2, 0.25) is 5.91 Å². The quantitative estimate of drug-likeness (QED) is 0.824. The van der Waals surface area contributed by atoms with Gasteiger partial charge in [-0.15, -0.1) is 0 Å². The van der Waals surface area contributed by atoms with Crippen LogP contribution in [0.25, 0.3) is 0 Å². The number of benzene rings is 1. The van der Waals surface area contributed by atoms with Crippen molar-refractivity contribution < 1.29 is 14.3 Å². The van der Waals surface area contributed by atoms with E-state index in [-0.39, 0.29) is 5.91 Å². The molecule has 0 saturated carbocycles. The fraction of sp³-hybridized carbons (Fsp3) is 0.500. The molecule has 1 heterocycles. The zero-order chi connectivity index (χ0) is 14.4. The van der Waals surface area contributed by atoms with Crippen molar-refractivity contribution >= 4 is 17.7 Å². The average Bonchev–Trinajstić information content (AvgIpc) is 2.50. The first-order chi connectivity index (χ1) is 9.70. The molecule has 0 spiro atoms. The zero-order valence-electron chi connectivity index (χ0n) is 11.6. The lowest BCUT2D eigenvalue weighted by Crippen LogP contribution is -2.40. The predicted octanol–water partition coefficient (Wildman–Crippen LogP) is 1.15. The average molecular weight is 296 g/mol. The molecule has 1 aromatic carbocycles. The van der Waals surface area contributed by atoms with Gasteiger partial charge in [-0.3, -0.25) is 4.79 Å². The molecule has 1 aliphatic rings. The van der Waals surface area contributed by atoms with Crippen molar-refractivity contribution in [3.63, 3.8) is 0 Å². The van der Waals surface area contributed by atoms with E-state index in [0.717, 1.165) is 22.8 Å². The molecule has 0 fully saturated rings. The van der Waals surface area contributed by atoms with Gasteiger partial charge in [0.25, 0.3) is 0 Å². The fourth-order valence-electron chi connectivity index (χ4n) is 1.89. The molecular weight excluding hydrogens is 276 g/mol. The maximum absolute atomic E-state index is 11.8. The molecule has 110 valence electrons. The zero-order valence-corrected chi connectivity index (χ0v) is 12.4. The predicted molar refractivity (Wildman–Crippen MR) is 80.3 cm³/mol. The second-order valence-corrected chi connectivity index (χ2v) is 5.57. The Balaban J connectivity index is 1.86. The minimum Gasteiger partial charge on any atom is -0.486 e. The number of nitrogens with one attached hydrogen (secondary N) is 1. The maximum Gasteiger partial charge on any atom is 0.237 e. The smallest absolute Gasteiger partial charge is 0.237 e. The molecule has 2 rings (SSSR count). The number of hydrogen-bond acceptors (Lipinski definition) is 5. The summed E-state index contributed by atoms with van der Waals surface area (Å²) in [6.45, 7) is 1.58. The monoisotopic (exact) mass is 296 g/mol. The van der Waals surface area contributed by atoms with Crippen LogP contribution < -0.4 is 20.5 Å². The normalized spacial score (nSPS) is 14.7. The number of amides is 1. The van der Waals surface area contributed by atoms with Gasteiger partial charge in [0.05, 0.1) is 6.04 Å². The Morgan fingerprint density at radius 1 is 1.40 bits per heavy atom. The largest absolute Gasteiger partial charge is 0.486 e. The maximum atomic E-state index is 11.8. The summed E-state index contributed by atoms with van der Waals surface area (Å²) in [6, 6.07) is 5.23. The van der Waals surface area contributed by atoms with E-state index in [1.807, 2.05) is 24.5 Å². The van der Waals surface area contributed by atoms with Crippen molar-refractivity contribution in [2.45, 2.75) is 19.0 Å². The Morgan fingerprint density at radius 2 is 2.15 bits per heavy atom. The van der Waals surface area contributed by atoms with Crippen LogP contribution >= 0.6 is 11.8 Å². The highest BCUT2D eigenvalue weighted by Crippen LogP contribution is 2.30. The highest BCUT2D eigenvalue weighted by molar-refractivity contribution is 7.98. The molecule has 1 aliphatic heterocycles. The first-order valence-electron chi connectivity index (χ1n) is 6.61. The van der Waals surface area contributed by atoms with Crippen molar-refractivity contribution in [1.82, 2.24) is 5.32 Å². The lowest BCUT2D eigenvalue weighted by Gasteiger charge is -2.19. The first-order valence-corrected chi connectivity index (χ1v) is 8.01. The van der Waals surface area contributed by atoms with E-state index in [0.29, 0.717) is 26.2 Å². The third-order valence-corrected chi connectivity index (χ3v) is 3.69. The van der Waals surface area contributed by atoms with Crippen LogP contribution in [0.5, 0.6) is 11.5 Å². The molecule has 1 aromatic rings. The summed E-state index contributed by atoms with van der Waals surface area (Å²) < 4.78 is 11.0. The molecule has 0 radical (unpaired) electrons. The molecule has 0 bridgehead atoms. The van der Waals surface area contributed by atoms with Crippen LogP contribution in [-0.4, -0.2) is 37.2 Å². The van der Waals surface area contributed by atoms with Crippen LogP contribution in [0, 0.1) is 0 Å². The van der Waals surface area contributed by atoms with Gasteiger partial charge >= 0.3 is 0 Å². The Morgan fingerprint density at radius 3 is 2.90 bits per heavy atom. The van der Waals surface area contributed by atoms with Gasteiger partial charge in [0.1, 0.15) is 13.2 Å². The van der Waals surface area contributed by atoms with Gasteiger partial charge in [-0.1, -0.05) is 6.07 Å². The second kappa shape index (κ2) is 7.40. The number of thioether (sulfide) groups is 1. The number of carbonyl (C=O) groups is 1. The SMILES string of the molecule is CSCC[C@H](N)C(=O)NCc1ccc2c(c1)OCCO2. The van der Waals surface area contributed by atoms with Crippen molar-refractivity contribution in [2.75, 3.05) is 25.2 Å². The Hall–Kier alpha value is -1.40. The topological polar surface area (TPSA) is 73.6 Å². The highest BCUT2D eigenvalue weighted by atomic mass is 32.2. The molecule has 20 heavy (non-hydrogen) atoms. The molecule has 5 nitrogen and oxygen atoms in total. The summed E-state index contributed by atoms with van der Waals surface area (Å²) >= 11 is 1.69. The second-order valence-electron chi connectivity index (χ2n) is 4.58. The number of ether oxygens (including phenoxy) is 2. The molecule has 1 amide bonds. The van der Waals surface area contributed by atoms with E-state index in [4.69, 9.17) is 15.2 Å². The number of hydrogen-bond donors (Lipinski definition) is 2. The molecule has 0 unspecified atom stereocenters. The third-order valence-electron chi connectivity index (χ3n) is 3.04. The first kappa shape index (κ1) is 15.0. The molecule has 0 saturated heterocycles. The summed E-state index contributed by atoms with van der Waals surface area (Å²) in [5.74, 6) is 2.25. The number of nitrogens with two attached hydrogens (primary N) is 1. The lowest BCUT2D eigenvalue weighted by molar-refractivity contribution is -0.122. The van der Waals surface area contributed by atoms with Gasteiger partial charge in [0, 0.05) is 6.54 Å². The van der Waals surface area contributed by atoms with Gasteiger partial charge in [-0.05, 0) is 36.1 Å². The summed E-state index contributed by atoms with van der Waals surface area (Å²) in [5, 5.41) is 2.84. The van der Waals surface area contributed by atoms with Crippen LogP contribution in [0.3, 0.4) is 0 Å². The number of carbonyl (C=O) groups excluding carboxylic acids is 1. The van der Waals surface area contributed by atoms with Crippen LogP contribution in [-0.2, 0) is 11.3 Å². The number of rotatable bonds is 6. The van der Waals surface area contributed by atoms with E-state index < -0.39 is 6.04 Å². The van der Waals surface area contributed by atoms with Gasteiger partial charge in [-0.25, -0.2) is 0 Å². The van der Waals surface area contributed by atoms with Crippen molar-refractivity contribution in [2.24, 2.45) is 5.73 Å². The number of fused-ring (bicyclic) bond motifs is 1.